The smallest absolute Gasteiger partial charge is 0.406 e. The molecule has 1 unspecified atom stereocenters. The zero-order chi connectivity index (χ0) is 25.5. The van der Waals surface area contributed by atoms with E-state index in [2.05, 4.69) is 15.3 Å². The second-order valence-electron chi connectivity index (χ2n) is 8.31. The molecule has 10 heteroatoms. The van der Waals surface area contributed by atoms with Crippen LogP contribution in [-0.4, -0.2) is 60.7 Å². The maximum atomic E-state index is 15.1. The average Bonchev–Trinajstić information content (AvgIpc) is 3.02. The van der Waals surface area contributed by atoms with Gasteiger partial charge in [0.15, 0.2) is 0 Å². The summed E-state index contributed by atoms with van der Waals surface area (Å²) in [7, 11) is 3.35. The number of halogens is 1. The minimum atomic E-state index is -0.572. The van der Waals surface area contributed by atoms with Crippen LogP contribution in [0.3, 0.4) is 0 Å². The van der Waals surface area contributed by atoms with Crippen molar-refractivity contribution >= 4 is 17.8 Å². The molecule has 1 atom stereocenters. The minimum absolute atomic E-state index is 0.0230. The summed E-state index contributed by atoms with van der Waals surface area (Å²) in [4.78, 5) is 36.5. The third kappa shape index (κ3) is 5.88. The van der Waals surface area contributed by atoms with Gasteiger partial charge < -0.3 is 24.6 Å². The van der Waals surface area contributed by atoms with Crippen LogP contribution < -0.4 is 15.0 Å². The molecule has 3 heterocycles. The number of carbonyl (C=O) groups is 2. The SMILES string of the molecule is CNC(=O)OCCC(Oc1cnc(CN2CCN(C)c3ncccc3C2=O)c(F)c1)c1ccccc1. The standard InChI is InChI=1S/C26H28FN5O4/c1-28-26(34)35-14-10-23(18-7-4-3-5-8-18)36-19-15-21(27)22(30-16-19)17-32-13-12-31(2)24-20(25(32)33)9-6-11-29-24/h3-9,11,15-16,23H,10,12-14,17H2,1-2H3,(H,28,34). The number of aromatic nitrogens is 2. The number of benzene rings is 1. The third-order valence-electron chi connectivity index (χ3n) is 5.87. The summed E-state index contributed by atoms with van der Waals surface area (Å²) in [5, 5.41) is 2.39. The summed E-state index contributed by atoms with van der Waals surface area (Å²) >= 11 is 0. The van der Waals surface area contributed by atoms with Gasteiger partial charge in [-0.1, -0.05) is 30.3 Å². The van der Waals surface area contributed by atoms with Crippen LogP contribution in [-0.2, 0) is 11.3 Å². The van der Waals surface area contributed by atoms with E-state index in [9.17, 15) is 9.59 Å². The number of ether oxygens (including phenoxy) is 2. The topological polar surface area (TPSA) is 96.9 Å². The molecule has 36 heavy (non-hydrogen) atoms. The normalized spacial score (nSPS) is 14.0. The molecule has 2 amide bonds. The van der Waals surface area contributed by atoms with Gasteiger partial charge in [-0.25, -0.2) is 14.2 Å². The maximum Gasteiger partial charge on any atom is 0.406 e. The molecule has 9 nitrogen and oxygen atoms in total. The van der Waals surface area contributed by atoms with Gasteiger partial charge in [0.1, 0.15) is 23.5 Å². The molecule has 1 aliphatic heterocycles. The Hall–Kier alpha value is -4.21. The fraction of sp³-hybridized carbons (Fsp3) is 0.308. The Kier molecular flexibility index (Phi) is 7.94. The number of carbonyl (C=O) groups excluding carboxylic acids is 2. The zero-order valence-corrected chi connectivity index (χ0v) is 20.2. The second-order valence-corrected chi connectivity index (χ2v) is 8.31. The number of anilines is 1. The lowest BCUT2D eigenvalue weighted by atomic mass is 10.1. The lowest BCUT2D eigenvalue weighted by molar-refractivity contribution is 0.0751. The molecule has 4 rings (SSSR count). The van der Waals surface area contributed by atoms with Crippen LogP contribution in [0, 0.1) is 5.82 Å². The van der Waals surface area contributed by atoms with Gasteiger partial charge in [-0.2, -0.15) is 0 Å². The first-order valence-corrected chi connectivity index (χ1v) is 11.6. The Morgan fingerprint density at radius 2 is 1.97 bits per heavy atom. The Bertz CT molecular complexity index is 1210. The molecule has 0 spiro atoms. The van der Waals surface area contributed by atoms with Crippen molar-refractivity contribution in [2.75, 3.05) is 38.7 Å². The van der Waals surface area contributed by atoms with E-state index in [4.69, 9.17) is 9.47 Å². The highest BCUT2D eigenvalue weighted by molar-refractivity contribution is 5.99. The predicted molar refractivity (Wildman–Crippen MR) is 131 cm³/mol. The molecular weight excluding hydrogens is 465 g/mol. The van der Waals surface area contributed by atoms with E-state index in [0.717, 1.165) is 5.56 Å². The molecule has 1 N–H and O–H groups in total. The van der Waals surface area contributed by atoms with E-state index in [-0.39, 0.29) is 30.5 Å². The van der Waals surface area contributed by atoms with Crippen molar-refractivity contribution in [3.8, 4) is 5.75 Å². The van der Waals surface area contributed by atoms with Gasteiger partial charge in [0.05, 0.1) is 30.6 Å². The Balaban J connectivity index is 1.47. The number of fused-ring (bicyclic) bond motifs is 1. The number of pyridine rings is 2. The lowest BCUT2D eigenvalue weighted by Gasteiger charge is -2.22. The molecule has 1 aromatic carbocycles. The molecule has 0 saturated heterocycles. The van der Waals surface area contributed by atoms with E-state index >= 15 is 4.39 Å². The molecular formula is C26H28FN5O4. The summed E-state index contributed by atoms with van der Waals surface area (Å²) in [6.45, 7) is 1.12. The highest BCUT2D eigenvalue weighted by atomic mass is 19.1. The highest BCUT2D eigenvalue weighted by Crippen LogP contribution is 2.27. The average molecular weight is 494 g/mol. The maximum absolute atomic E-state index is 15.1. The predicted octanol–water partition coefficient (Wildman–Crippen LogP) is 3.57. The zero-order valence-electron chi connectivity index (χ0n) is 20.2. The van der Waals surface area contributed by atoms with E-state index in [0.29, 0.717) is 30.9 Å². The number of alkyl carbamates (subject to hydrolysis) is 1. The Morgan fingerprint density at radius 3 is 2.72 bits per heavy atom. The first kappa shape index (κ1) is 24.9. The molecule has 0 aliphatic carbocycles. The van der Waals surface area contributed by atoms with Crippen molar-refractivity contribution in [2.45, 2.75) is 19.1 Å². The van der Waals surface area contributed by atoms with Gasteiger partial charge >= 0.3 is 6.09 Å². The number of hydrogen-bond donors (Lipinski definition) is 1. The van der Waals surface area contributed by atoms with Crippen molar-refractivity contribution < 1.29 is 23.5 Å². The molecule has 1 aliphatic rings. The van der Waals surface area contributed by atoms with Crippen molar-refractivity contribution in [3.05, 3.63) is 83.6 Å². The molecule has 0 fully saturated rings. The third-order valence-corrected chi connectivity index (χ3v) is 5.87. The summed E-state index contributed by atoms with van der Waals surface area (Å²) in [5.74, 6) is 0.0537. The monoisotopic (exact) mass is 493 g/mol. The number of nitrogens with zero attached hydrogens (tertiary/aromatic N) is 4. The fourth-order valence-electron chi connectivity index (χ4n) is 3.93. The Morgan fingerprint density at radius 1 is 1.17 bits per heavy atom. The summed E-state index contributed by atoms with van der Waals surface area (Å²) in [6.07, 6.45) is 2.44. The van der Waals surface area contributed by atoms with Crippen LogP contribution in [0.2, 0.25) is 0 Å². The first-order chi connectivity index (χ1) is 17.5. The largest absolute Gasteiger partial charge is 0.484 e. The van der Waals surface area contributed by atoms with Gasteiger partial charge in [-0.05, 0) is 17.7 Å². The van der Waals surface area contributed by atoms with Crippen LogP contribution in [0.1, 0.15) is 34.1 Å². The summed E-state index contributed by atoms with van der Waals surface area (Å²) in [5.41, 5.74) is 1.47. The van der Waals surface area contributed by atoms with Gasteiger partial charge in [0.25, 0.3) is 5.91 Å². The number of hydrogen-bond acceptors (Lipinski definition) is 7. The quantitative estimate of drug-likeness (QED) is 0.512. The first-order valence-electron chi connectivity index (χ1n) is 11.6. The van der Waals surface area contributed by atoms with Crippen molar-refractivity contribution in [1.29, 1.82) is 0 Å². The molecule has 0 radical (unpaired) electrons. The number of amides is 2. The number of nitrogens with one attached hydrogen (secondary N) is 1. The lowest BCUT2D eigenvalue weighted by Crippen LogP contribution is -2.33. The molecule has 0 saturated carbocycles. The van der Waals surface area contributed by atoms with Crippen LogP contribution in [0.15, 0.2) is 60.9 Å². The molecule has 188 valence electrons. The van der Waals surface area contributed by atoms with Crippen LogP contribution in [0.5, 0.6) is 5.75 Å². The van der Waals surface area contributed by atoms with Crippen molar-refractivity contribution in [3.63, 3.8) is 0 Å². The summed E-state index contributed by atoms with van der Waals surface area (Å²) < 4.78 is 26.2. The van der Waals surface area contributed by atoms with E-state index in [1.165, 1.54) is 19.3 Å². The van der Waals surface area contributed by atoms with Gasteiger partial charge in [-0.15, -0.1) is 0 Å². The number of rotatable bonds is 8. The fourth-order valence-corrected chi connectivity index (χ4v) is 3.93. The molecule has 2 aromatic heterocycles. The highest BCUT2D eigenvalue weighted by Gasteiger charge is 2.27. The Labute approximate surface area is 208 Å². The van der Waals surface area contributed by atoms with Crippen molar-refractivity contribution in [2.24, 2.45) is 0 Å². The van der Waals surface area contributed by atoms with Gasteiger partial charge in [-0.3, -0.25) is 9.78 Å². The number of likely N-dealkylation sites (N-methyl/N-ethyl adjacent to an activating group) is 1. The van der Waals surface area contributed by atoms with Crippen LogP contribution in [0.4, 0.5) is 15.0 Å². The van der Waals surface area contributed by atoms with Crippen LogP contribution in [0.25, 0.3) is 0 Å². The van der Waals surface area contributed by atoms with Crippen LogP contribution >= 0.6 is 0 Å². The minimum Gasteiger partial charge on any atom is -0.484 e. The molecule has 0 bridgehead atoms. The van der Waals surface area contributed by atoms with Gasteiger partial charge in [0.2, 0.25) is 0 Å². The second kappa shape index (κ2) is 11.5. The summed E-state index contributed by atoms with van der Waals surface area (Å²) in [6, 6.07) is 14.1. The van der Waals surface area contributed by atoms with E-state index in [1.807, 2.05) is 42.3 Å². The van der Waals surface area contributed by atoms with Crippen molar-refractivity contribution in [1.82, 2.24) is 20.2 Å². The molecule has 3 aromatic rings. The van der Waals surface area contributed by atoms with E-state index < -0.39 is 18.0 Å². The van der Waals surface area contributed by atoms with Gasteiger partial charge in [0, 0.05) is 45.9 Å². The van der Waals surface area contributed by atoms with E-state index in [1.54, 1.807) is 23.2 Å².